The van der Waals surface area contributed by atoms with E-state index < -0.39 is 0 Å². The van der Waals surface area contributed by atoms with Gasteiger partial charge >= 0.3 is 0 Å². The van der Waals surface area contributed by atoms with Crippen LogP contribution in [0.5, 0.6) is 5.75 Å². The maximum Gasteiger partial charge on any atom is 0.226 e. The van der Waals surface area contributed by atoms with Crippen LogP contribution in [0.4, 0.5) is 11.4 Å². The van der Waals surface area contributed by atoms with Gasteiger partial charge in [0.15, 0.2) is 0 Å². The average Bonchev–Trinajstić information content (AvgIpc) is 2.62. The fourth-order valence-corrected chi connectivity index (χ4v) is 2.35. The fourth-order valence-electron chi connectivity index (χ4n) is 2.35. The number of nitrogens with zero attached hydrogens (tertiary/aromatic N) is 2. The van der Waals surface area contributed by atoms with Crippen LogP contribution in [0.2, 0.25) is 0 Å². The highest BCUT2D eigenvalue weighted by molar-refractivity contribution is 5.95. The lowest BCUT2D eigenvalue weighted by atomic mass is 10.2. The standard InChI is InChI=1S/C19H19N3O3/c1-14(23)22(16-7-9-17(25-2)10-8-16)12-11-19(24)21-18-6-4-3-5-15(18)13-20/h3-10H,11-12H2,1-2H3,(H,21,24). The van der Waals surface area contributed by atoms with E-state index in [1.54, 1.807) is 55.6 Å². The van der Waals surface area contributed by atoms with Crippen molar-refractivity contribution in [3.05, 3.63) is 54.1 Å². The molecular weight excluding hydrogens is 318 g/mol. The van der Waals surface area contributed by atoms with Crippen LogP contribution in [-0.2, 0) is 9.59 Å². The number of amides is 2. The van der Waals surface area contributed by atoms with E-state index in [0.29, 0.717) is 22.7 Å². The number of rotatable bonds is 6. The molecule has 0 aromatic heterocycles. The molecule has 0 spiro atoms. The SMILES string of the molecule is COc1ccc(N(CCC(=O)Nc2ccccc2C#N)C(C)=O)cc1. The highest BCUT2D eigenvalue weighted by Crippen LogP contribution is 2.20. The molecule has 128 valence electrons. The van der Waals surface area contributed by atoms with Gasteiger partial charge in [-0.15, -0.1) is 0 Å². The normalized spacial score (nSPS) is 9.80. The monoisotopic (exact) mass is 337 g/mol. The third kappa shape index (κ3) is 4.82. The summed E-state index contributed by atoms with van der Waals surface area (Å²) in [6.07, 6.45) is 0.116. The first-order valence-corrected chi connectivity index (χ1v) is 7.76. The van der Waals surface area contributed by atoms with Gasteiger partial charge in [0.05, 0.1) is 18.4 Å². The largest absolute Gasteiger partial charge is 0.497 e. The summed E-state index contributed by atoms with van der Waals surface area (Å²) in [6, 6.07) is 15.9. The van der Waals surface area contributed by atoms with Gasteiger partial charge in [-0.25, -0.2) is 0 Å². The highest BCUT2D eigenvalue weighted by Gasteiger charge is 2.14. The topological polar surface area (TPSA) is 82.4 Å². The quantitative estimate of drug-likeness (QED) is 0.878. The van der Waals surface area contributed by atoms with Crippen molar-refractivity contribution in [2.24, 2.45) is 0 Å². The molecular formula is C19H19N3O3. The second-order valence-electron chi connectivity index (χ2n) is 5.32. The predicted molar refractivity (Wildman–Crippen MR) is 95.4 cm³/mol. The minimum Gasteiger partial charge on any atom is -0.497 e. The van der Waals surface area contributed by atoms with Gasteiger partial charge in [-0.3, -0.25) is 9.59 Å². The highest BCUT2D eigenvalue weighted by atomic mass is 16.5. The molecule has 0 heterocycles. The molecule has 0 saturated carbocycles. The number of carbonyl (C=O) groups excluding carboxylic acids is 2. The maximum absolute atomic E-state index is 12.2. The number of ether oxygens (including phenoxy) is 1. The molecule has 0 radical (unpaired) electrons. The lowest BCUT2D eigenvalue weighted by molar-refractivity contribution is -0.117. The number of hydrogen-bond donors (Lipinski definition) is 1. The van der Waals surface area contributed by atoms with E-state index in [9.17, 15) is 9.59 Å². The van der Waals surface area contributed by atoms with Crippen molar-refractivity contribution >= 4 is 23.2 Å². The lowest BCUT2D eigenvalue weighted by Crippen LogP contribution is -2.32. The van der Waals surface area contributed by atoms with Crippen LogP contribution in [0.1, 0.15) is 18.9 Å². The van der Waals surface area contributed by atoms with Crippen LogP contribution < -0.4 is 15.0 Å². The first kappa shape index (κ1) is 18.0. The van der Waals surface area contributed by atoms with E-state index in [-0.39, 0.29) is 24.8 Å². The van der Waals surface area contributed by atoms with Crippen molar-refractivity contribution in [2.45, 2.75) is 13.3 Å². The number of nitrogens with one attached hydrogen (secondary N) is 1. The van der Waals surface area contributed by atoms with Gasteiger partial charge in [0.25, 0.3) is 0 Å². The molecule has 6 nitrogen and oxygen atoms in total. The van der Waals surface area contributed by atoms with Gasteiger partial charge < -0.3 is 15.0 Å². The van der Waals surface area contributed by atoms with Crippen molar-refractivity contribution in [1.29, 1.82) is 5.26 Å². The van der Waals surface area contributed by atoms with Crippen LogP contribution in [-0.4, -0.2) is 25.5 Å². The second-order valence-corrected chi connectivity index (χ2v) is 5.32. The first-order valence-electron chi connectivity index (χ1n) is 7.76. The molecule has 0 unspecified atom stereocenters. The Morgan fingerprint density at radius 1 is 1.16 bits per heavy atom. The Kier molecular flexibility index (Phi) is 6.13. The minimum atomic E-state index is -0.262. The van der Waals surface area contributed by atoms with Gasteiger partial charge in [-0.05, 0) is 36.4 Å². The summed E-state index contributed by atoms with van der Waals surface area (Å²) in [6.45, 7) is 1.69. The van der Waals surface area contributed by atoms with E-state index >= 15 is 0 Å². The molecule has 1 N–H and O–H groups in total. The van der Waals surface area contributed by atoms with Crippen LogP contribution in [0.15, 0.2) is 48.5 Å². The van der Waals surface area contributed by atoms with Crippen molar-refractivity contribution in [3.63, 3.8) is 0 Å². The number of anilines is 2. The molecule has 2 aromatic rings. The van der Waals surface area contributed by atoms with Crippen molar-refractivity contribution < 1.29 is 14.3 Å². The smallest absolute Gasteiger partial charge is 0.226 e. The number of methoxy groups -OCH3 is 1. The molecule has 0 atom stereocenters. The fraction of sp³-hybridized carbons (Fsp3) is 0.211. The minimum absolute atomic E-state index is 0.116. The van der Waals surface area contributed by atoms with Crippen LogP contribution in [0.3, 0.4) is 0 Å². The summed E-state index contributed by atoms with van der Waals surface area (Å²) >= 11 is 0. The third-order valence-electron chi connectivity index (χ3n) is 3.65. The summed E-state index contributed by atoms with van der Waals surface area (Å²) in [5, 5.41) is 11.8. The molecule has 25 heavy (non-hydrogen) atoms. The van der Waals surface area contributed by atoms with Gasteiger partial charge in [0, 0.05) is 25.6 Å². The Morgan fingerprint density at radius 2 is 1.84 bits per heavy atom. The summed E-state index contributed by atoms with van der Waals surface area (Å²) in [7, 11) is 1.57. The van der Waals surface area contributed by atoms with E-state index in [4.69, 9.17) is 10.00 Å². The van der Waals surface area contributed by atoms with E-state index in [0.717, 1.165) is 0 Å². The number of benzene rings is 2. The van der Waals surface area contributed by atoms with Crippen molar-refractivity contribution in [2.75, 3.05) is 23.9 Å². The van der Waals surface area contributed by atoms with E-state index in [2.05, 4.69) is 5.32 Å². The molecule has 0 bridgehead atoms. The van der Waals surface area contributed by atoms with Crippen molar-refractivity contribution in [3.8, 4) is 11.8 Å². The Morgan fingerprint density at radius 3 is 2.44 bits per heavy atom. The lowest BCUT2D eigenvalue weighted by Gasteiger charge is -2.21. The van der Waals surface area contributed by atoms with Gasteiger partial charge in [-0.1, -0.05) is 12.1 Å². The Hall–Kier alpha value is -3.33. The molecule has 0 aliphatic heterocycles. The molecule has 2 rings (SSSR count). The first-order chi connectivity index (χ1) is 12.0. The van der Waals surface area contributed by atoms with Crippen LogP contribution in [0, 0.1) is 11.3 Å². The van der Waals surface area contributed by atoms with Gasteiger partial charge in [0.2, 0.25) is 11.8 Å². The van der Waals surface area contributed by atoms with E-state index in [1.165, 1.54) is 11.8 Å². The summed E-state index contributed by atoms with van der Waals surface area (Å²) in [5.41, 5.74) is 1.56. The predicted octanol–water partition coefficient (Wildman–Crippen LogP) is 2.95. The summed E-state index contributed by atoms with van der Waals surface area (Å²) in [5.74, 6) is 0.274. The summed E-state index contributed by atoms with van der Waals surface area (Å²) in [4.78, 5) is 25.6. The Bertz CT molecular complexity index is 794. The van der Waals surface area contributed by atoms with Gasteiger partial charge in [0.1, 0.15) is 11.8 Å². The second kappa shape index (κ2) is 8.50. The zero-order valence-corrected chi connectivity index (χ0v) is 14.2. The zero-order valence-electron chi connectivity index (χ0n) is 14.2. The van der Waals surface area contributed by atoms with Crippen molar-refractivity contribution in [1.82, 2.24) is 0 Å². The van der Waals surface area contributed by atoms with Gasteiger partial charge in [-0.2, -0.15) is 5.26 Å². The third-order valence-corrected chi connectivity index (χ3v) is 3.65. The molecule has 2 aromatic carbocycles. The Labute approximate surface area is 146 Å². The number of nitriles is 1. The number of hydrogen-bond acceptors (Lipinski definition) is 4. The molecule has 0 fully saturated rings. The number of para-hydroxylation sites is 1. The average molecular weight is 337 g/mol. The zero-order chi connectivity index (χ0) is 18.2. The maximum atomic E-state index is 12.2. The molecule has 0 aliphatic rings. The molecule has 0 saturated heterocycles. The molecule has 2 amide bonds. The van der Waals surface area contributed by atoms with Crippen LogP contribution >= 0.6 is 0 Å². The molecule has 0 aliphatic carbocycles. The molecule has 6 heteroatoms. The Balaban J connectivity index is 2.02. The summed E-state index contributed by atoms with van der Waals surface area (Å²) < 4.78 is 5.10. The number of carbonyl (C=O) groups is 2. The van der Waals surface area contributed by atoms with Crippen LogP contribution in [0.25, 0.3) is 0 Å². The van der Waals surface area contributed by atoms with E-state index in [1.807, 2.05) is 6.07 Å².